The van der Waals surface area contributed by atoms with Crippen molar-refractivity contribution < 1.29 is 4.39 Å². The van der Waals surface area contributed by atoms with Crippen LogP contribution in [0.2, 0.25) is 0 Å². The van der Waals surface area contributed by atoms with Crippen molar-refractivity contribution >= 4 is 12.6 Å². The van der Waals surface area contributed by atoms with Crippen molar-refractivity contribution in [3.63, 3.8) is 0 Å². The number of thiol groups is 1. The smallest absolute Gasteiger partial charge is 0.140 e. The zero-order valence-corrected chi connectivity index (χ0v) is 3.30. The average Bonchev–Trinajstić information content (AvgIpc) is 0.811. The van der Waals surface area contributed by atoms with Crippen molar-refractivity contribution in [3.05, 3.63) is 0 Å². The van der Waals surface area contributed by atoms with E-state index >= 15 is 0 Å². The van der Waals surface area contributed by atoms with Crippen molar-refractivity contribution in [2.45, 2.75) is 12.4 Å². The van der Waals surface area contributed by atoms with Gasteiger partial charge in [0.15, 0.2) is 0 Å². The van der Waals surface area contributed by atoms with E-state index in [0.29, 0.717) is 0 Å². The quantitative estimate of drug-likeness (QED) is 0.416. The Morgan fingerprint density at radius 3 is 2.00 bits per heavy atom. The van der Waals surface area contributed by atoms with E-state index < -0.39 is 5.50 Å². The molecule has 0 aromatic carbocycles. The van der Waals surface area contributed by atoms with Crippen LogP contribution in [0.1, 0.15) is 6.92 Å². The van der Waals surface area contributed by atoms with E-state index in [4.69, 9.17) is 0 Å². The first-order chi connectivity index (χ1) is 1.73. The number of halogens is 1. The summed E-state index contributed by atoms with van der Waals surface area (Å²) < 4.78 is 10.9. The van der Waals surface area contributed by atoms with Gasteiger partial charge in [0.05, 0.1) is 0 Å². The van der Waals surface area contributed by atoms with E-state index in [1.54, 1.807) is 0 Å². The molecule has 0 saturated heterocycles. The lowest BCUT2D eigenvalue weighted by Crippen LogP contribution is -1.67. The Labute approximate surface area is 30.4 Å². The summed E-state index contributed by atoms with van der Waals surface area (Å²) in [6.07, 6.45) is 0. The molecule has 0 aliphatic carbocycles. The van der Waals surface area contributed by atoms with Gasteiger partial charge in [0.25, 0.3) is 0 Å². The molecule has 0 aliphatic heterocycles. The molecule has 0 saturated carbocycles. The SMILES string of the molecule is C[C@@H](F)S. The molecule has 4 heavy (non-hydrogen) atoms. The second-order valence-electron chi connectivity index (χ2n) is 0.574. The van der Waals surface area contributed by atoms with Gasteiger partial charge in [0.1, 0.15) is 5.50 Å². The zero-order chi connectivity index (χ0) is 3.58. The number of hydrogen-bond acceptors (Lipinski definition) is 1. The molecule has 0 unspecified atom stereocenters. The predicted octanol–water partition coefficient (Wildman–Crippen LogP) is 1.23. The molecule has 0 fully saturated rings. The number of hydrogen-bond donors (Lipinski definition) is 1. The highest BCUT2D eigenvalue weighted by molar-refractivity contribution is 7.80. The van der Waals surface area contributed by atoms with Gasteiger partial charge in [0, 0.05) is 0 Å². The third-order valence-electron chi connectivity index (χ3n) is 0. The average molecular weight is 80.1 g/mol. The molecule has 0 radical (unpaired) electrons. The fraction of sp³-hybridized carbons (Fsp3) is 1.00. The van der Waals surface area contributed by atoms with Gasteiger partial charge in [-0.05, 0) is 6.92 Å². The molecule has 0 aliphatic rings. The first-order valence-corrected chi connectivity index (χ1v) is 1.57. The second-order valence-corrected chi connectivity index (χ2v) is 1.29. The number of alkyl halides is 1. The highest BCUT2D eigenvalue weighted by atomic mass is 32.1. The van der Waals surface area contributed by atoms with Crippen LogP contribution >= 0.6 is 12.6 Å². The van der Waals surface area contributed by atoms with Gasteiger partial charge in [0.2, 0.25) is 0 Å². The molecule has 0 rings (SSSR count). The summed E-state index contributed by atoms with van der Waals surface area (Å²) in [5.74, 6) is 0. The molecule has 0 aromatic rings. The van der Waals surface area contributed by atoms with Crippen molar-refractivity contribution in [2.24, 2.45) is 0 Å². The molecule has 0 aromatic heterocycles. The number of rotatable bonds is 0. The summed E-state index contributed by atoms with van der Waals surface area (Å²) >= 11 is 3.30. The van der Waals surface area contributed by atoms with E-state index in [0.717, 1.165) is 0 Å². The first-order valence-electron chi connectivity index (χ1n) is 1.05. The Morgan fingerprint density at radius 1 is 2.00 bits per heavy atom. The van der Waals surface area contributed by atoms with Crippen molar-refractivity contribution in [2.75, 3.05) is 0 Å². The molecule has 0 nitrogen and oxygen atoms in total. The van der Waals surface area contributed by atoms with Gasteiger partial charge in [-0.2, -0.15) is 0 Å². The molecule has 0 heterocycles. The lowest BCUT2D eigenvalue weighted by atomic mass is 10.9. The Hall–Kier alpha value is 0.280. The Balaban J connectivity index is 2.32. The third kappa shape index (κ3) is 47.6. The summed E-state index contributed by atoms with van der Waals surface area (Å²) in [4.78, 5) is 0. The molecular formula is C2H5FS. The third-order valence-corrected chi connectivity index (χ3v) is 0. The minimum Gasteiger partial charge on any atom is -0.236 e. The van der Waals surface area contributed by atoms with E-state index in [1.165, 1.54) is 6.92 Å². The Bertz CT molecular complexity index is 10.8. The predicted molar refractivity (Wildman–Crippen MR) is 19.6 cm³/mol. The summed E-state index contributed by atoms with van der Waals surface area (Å²) in [7, 11) is 0. The molecule has 0 amide bonds. The standard InChI is InChI=1S/C2H5FS/c1-2(3)4/h2,4H,1H3/t2-/m0/s1. The summed E-state index contributed by atoms with van der Waals surface area (Å²) in [5, 5.41) is 0. The second kappa shape index (κ2) is 1.58. The molecule has 0 bridgehead atoms. The minimum absolute atomic E-state index is 0.972. The van der Waals surface area contributed by atoms with Gasteiger partial charge in [-0.25, -0.2) is 4.39 Å². The maximum atomic E-state index is 10.9. The fourth-order valence-electron chi connectivity index (χ4n) is 0. The molecule has 2 heteroatoms. The molecule has 26 valence electrons. The van der Waals surface area contributed by atoms with Crippen molar-refractivity contribution in [1.29, 1.82) is 0 Å². The van der Waals surface area contributed by atoms with Crippen LogP contribution < -0.4 is 0 Å². The van der Waals surface area contributed by atoms with Gasteiger partial charge in [-0.15, -0.1) is 12.6 Å². The highest BCUT2D eigenvalue weighted by Crippen LogP contribution is 1.88. The first kappa shape index (κ1) is 4.28. The summed E-state index contributed by atoms with van der Waals surface area (Å²) in [5.41, 5.74) is -0.972. The van der Waals surface area contributed by atoms with Gasteiger partial charge >= 0.3 is 0 Å². The van der Waals surface area contributed by atoms with E-state index in [2.05, 4.69) is 12.6 Å². The van der Waals surface area contributed by atoms with Crippen LogP contribution in [-0.2, 0) is 0 Å². The zero-order valence-electron chi connectivity index (χ0n) is 2.40. The van der Waals surface area contributed by atoms with E-state index in [-0.39, 0.29) is 0 Å². The topological polar surface area (TPSA) is 0 Å². The summed E-state index contributed by atoms with van der Waals surface area (Å²) in [6, 6.07) is 0. The van der Waals surface area contributed by atoms with Crippen LogP contribution in [0, 0.1) is 0 Å². The molecule has 0 N–H and O–H groups in total. The highest BCUT2D eigenvalue weighted by Gasteiger charge is 1.74. The fourth-order valence-corrected chi connectivity index (χ4v) is 0. The van der Waals surface area contributed by atoms with Gasteiger partial charge < -0.3 is 0 Å². The molecule has 0 spiro atoms. The normalized spacial score (nSPS) is 15.8. The van der Waals surface area contributed by atoms with Crippen LogP contribution in [0.3, 0.4) is 0 Å². The van der Waals surface area contributed by atoms with Crippen LogP contribution in [0.25, 0.3) is 0 Å². The lowest BCUT2D eigenvalue weighted by Gasteiger charge is -1.74. The molecular weight excluding hydrogens is 75.1 g/mol. The maximum absolute atomic E-state index is 10.9. The van der Waals surface area contributed by atoms with Gasteiger partial charge in [-0.3, -0.25) is 0 Å². The Kier molecular flexibility index (Phi) is 1.70. The van der Waals surface area contributed by atoms with Crippen LogP contribution in [-0.4, -0.2) is 5.50 Å². The van der Waals surface area contributed by atoms with Crippen LogP contribution in [0.15, 0.2) is 0 Å². The van der Waals surface area contributed by atoms with Crippen LogP contribution in [0.5, 0.6) is 0 Å². The minimum atomic E-state index is -0.972. The van der Waals surface area contributed by atoms with E-state index in [1.807, 2.05) is 0 Å². The summed E-state index contributed by atoms with van der Waals surface area (Å²) in [6.45, 7) is 1.36. The maximum Gasteiger partial charge on any atom is 0.140 e. The van der Waals surface area contributed by atoms with E-state index in [9.17, 15) is 4.39 Å². The largest absolute Gasteiger partial charge is 0.236 e. The molecule has 1 atom stereocenters. The van der Waals surface area contributed by atoms with Crippen molar-refractivity contribution in [1.82, 2.24) is 0 Å². The van der Waals surface area contributed by atoms with Gasteiger partial charge in [-0.1, -0.05) is 0 Å². The van der Waals surface area contributed by atoms with Crippen molar-refractivity contribution in [3.8, 4) is 0 Å². The van der Waals surface area contributed by atoms with Crippen LogP contribution in [0.4, 0.5) is 4.39 Å². The lowest BCUT2D eigenvalue weighted by molar-refractivity contribution is 0.487. The Morgan fingerprint density at radius 2 is 2.00 bits per heavy atom. The monoisotopic (exact) mass is 80.0 g/mol.